The molecule has 0 aliphatic carbocycles. The van der Waals surface area contributed by atoms with Gasteiger partial charge < -0.3 is 4.74 Å². The summed E-state index contributed by atoms with van der Waals surface area (Å²) in [4.78, 5) is 4.63. The van der Waals surface area contributed by atoms with Gasteiger partial charge in [-0.1, -0.05) is 0 Å². The van der Waals surface area contributed by atoms with Crippen molar-refractivity contribution < 1.29 is 4.74 Å². The van der Waals surface area contributed by atoms with Crippen LogP contribution in [0.25, 0.3) is 10.6 Å². The molecule has 2 nitrogen and oxygen atoms in total. The lowest BCUT2D eigenvalue weighted by molar-refractivity contribution is 0.411. The van der Waals surface area contributed by atoms with Gasteiger partial charge in [-0.2, -0.15) is 0 Å². The molecule has 4 heteroatoms. The molecule has 2 rings (SSSR count). The van der Waals surface area contributed by atoms with E-state index in [1.54, 1.807) is 18.4 Å². The molecule has 0 bridgehead atoms. The summed E-state index contributed by atoms with van der Waals surface area (Å²) in [7, 11) is 1.71. The molecule has 0 spiro atoms. The first kappa shape index (κ1) is 13.6. The lowest BCUT2D eigenvalue weighted by Gasteiger charge is -2.14. The fraction of sp³-hybridized carbons (Fsp3) is 0.357. The minimum Gasteiger partial charge on any atom is -0.496 e. The molecule has 1 heterocycles. The van der Waals surface area contributed by atoms with Crippen LogP contribution in [0.2, 0.25) is 0 Å². The van der Waals surface area contributed by atoms with E-state index >= 15 is 0 Å². The molecule has 0 aliphatic heterocycles. The van der Waals surface area contributed by atoms with Crippen molar-refractivity contribution in [3.05, 3.63) is 32.2 Å². The zero-order valence-electron chi connectivity index (χ0n) is 11.2. The molecule has 0 N–H and O–H groups in total. The SMILES string of the molecule is COc1cc(C)c(-c2nc(C)c(Br)s2)c(C)c1C. The Morgan fingerprint density at radius 2 is 1.83 bits per heavy atom. The van der Waals surface area contributed by atoms with E-state index in [2.05, 4.69) is 47.8 Å². The minimum absolute atomic E-state index is 0.945. The Bertz CT molecular complexity index is 585. The van der Waals surface area contributed by atoms with Crippen LogP contribution in [0.4, 0.5) is 0 Å². The number of halogens is 1. The minimum atomic E-state index is 0.945. The maximum absolute atomic E-state index is 5.40. The van der Waals surface area contributed by atoms with E-state index in [1.165, 1.54) is 22.3 Å². The van der Waals surface area contributed by atoms with Crippen LogP contribution in [0, 0.1) is 27.7 Å². The smallest absolute Gasteiger partial charge is 0.125 e. The Morgan fingerprint density at radius 3 is 2.33 bits per heavy atom. The van der Waals surface area contributed by atoms with E-state index in [1.807, 2.05) is 6.92 Å². The molecule has 0 unspecified atom stereocenters. The number of methoxy groups -OCH3 is 1. The molecule has 96 valence electrons. The van der Waals surface area contributed by atoms with Crippen molar-refractivity contribution in [2.45, 2.75) is 27.7 Å². The zero-order chi connectivity index (χ0) is 13.4. The van der Waals surface area contributed by atoms with Gasteiger partial charge in [0.1, 0.15) is 10.8 Å². The summed E-state index contributed by atoms with van der Waals surface area (Å²) in [6, 6.07) is 2.09. The molecular formula is C14H16BrNOS. The lowest BCUT2D eigenvalue weighted by Crippen LogP contribution is -1.96. The summed E-state index contributed by atoms with van der Waals surface area (Å²) in [6.07, 6.45) is 0. The number of thiazole rings is 1. The maximum Gasteiger partial charge on any atom is 0.125 e. The molecule has 2 aromatic rings. The zero-order valence-corrected chi connectivity index (χ0v) is 13.6. The van der Waals surface area contributed by atoms with Crippen molar-refractivity contribution in [1.29, 1.82) is 0 Å². The van der Waals surface area contributed by atoms with Gasteiger partial charge in [0.05, 0.1) is 16.6 Å². The first-order valence-electron chi connectivity index (χ1n) is 5.73. The lowest BCUT2D eigenvalue weighted by atomic mass is 9.98. The first-order chi connectivity index (χ1) is 8.45. The highest BCUT2D eigenvalue weighted by molar-refractivity contribution is 9.11. The molecule has 1 aromatic heterocycles. The van der Waals surface area contributed by atoms with E-state index in [0.717, 1.165) is 20.2 Å². The van der Waals surface area contributed by atoms with Gasteiger partial charge in [0.25, 0.3) is 0 Å². The van der Waals surface area contributed by atoms with E-state index < -0.39 is 0 Å². The highest BCUT2D eigenvalue weighted by atomic mass is 79.9. The normalized spacial score (nSPS) is 10.8. The van der Waals surface area contributed by atoms with Crippen LogP contribution in [0.1, 0.15) is 22.4 Å². The van der Waals surface area contributed by atoms with Crippen molar-refractivity contribution in [2.75, 3.05) is 7.11 Å². The number of rotatable bonds is 2. The van der Waals surface area contributed by atoms with Crippen molar-refractivity contribution in [1.82, 2.24) is 4.98 Å². The summed E-state index contributed by atoms with van der Waals surface area (Å²) < 4.78 is 6.50. The van der Waals surface area contributed by atoms with Gasteiger partial charge in [-0.25, -0.2) is 4.98 Å². The molecule has 0 radical (unpaired) electrons. The van der Waals surface area contributed by atoms with E-state index in [9.17, 15) is 0 Å². The fourth-order valence-electron chi connectivity index (χ4n) is 2.07. The molecule has 0 atom stereocenters. The van der Waals surface area contributed by atoms with Crippen LogP contribution < -0.4 is 4.74 Å². The molecule has 0 saturated heterocycles. The largest absolute Gasteiger partial charge is 0.496 e. The quantitative estimate of drug-likeness (QED) is 0.790. The summed E-state index contributed by atoms with van der Waals surface area (Å²) in [5, 5.41) is 1.07. The van der Waals surface area contributed by atoms with Gasteiger partial charge in [0.15, 0.2) is 0 Å². The summed E-state index contributed by atoms with van der Waals surface area (Å²) in [5.74, 6) is 0.945. The van der Waals surface area contributed by atoms with Crippen molar-refractivity contribution in [3.8, 4) is 16.3 Å². The Balaban J connectivity index is 2.68. The molecule has 0 fully saturated rings. The number of hydrogen-bond acceptors (Lipinski definition) is 3. The fourth-order valence-corrected chi connectivity index (χ4v) is 3.58. The molecule has 18 heavy (non-hydrogen) atoms. The van der Waals surface area contributed by atoms with E-state index in [0.29, 0.717) is 0 Å². The third kappa shape index (κ3) is 2.19. The predicted molar refractivity (Wildman–Crippen MR) is 80.8 cm³/mol. The third-order valence-corrected chi connectivity index (χ3v) is 5.25. The predicted octanol–water partition coefficient (Wildman–Crippen LogP) is 4.81. The topological polar surface area (TPSA) is 22.1 Å². The Kier molecular flexibility index (Phi) is 3.78. The van der Waals surface area contributed by atoms with Crippen molar-refractivity contribution in [2.24, 2.45) is 0 Å². The average Bonchev–Trinajstić information content (AvgIpc) is 2.64. The molecule has 0 aliphatic rings. The van der Waals surface area contributed by atoms with Crippen LogP contribution in [-0.4, -0.2) is 12.1 Å². The first-order valence-corrected chi connectivity index (χ1v) is 7.34. The Hall–Kier alpha value is -0.870. The number of aromatic nitrogens is 1. The highest BCUT2D eigenvalue weighted by Crippen LogP contribution is 2.38. The van der Waals surface area contributed by atoms with Crippen LogP contribution in [0.5, 0.6) is 5.75 Å². The molecule has 0 saturated carbocycles. The number of hydrogen-bond donors (Lipinski definition) is 0. The molecule has 1 aromatic carbocycles. The van der Waals surface area contributed by atoms with E-state index in [-0.39, 0.29) is 0 Å². The average molecular weight is 326 g/mol. The molecular weight excluding hydrogens is 310 g/mol. The number of benzene rings is 1. The van der Waals surface area contributed by atoms with Crippen molar-refractivity contribution >= 4 is 27.3 Å². The summed E-state index contributed by atoms with van der Waals surface area (Å²) in [6.45, 7) is 8.34. The van der Waals surface area contributed by atoms with Crippen molar-refractivity contribution in [3.63, 3.8) is 0 Å². The van der Waals surface area contributed by atoms with Gasteiger partial charge in [-0.05, 0) is 66.4 Å². The highest BCUT2D eigenvalue weighted by Gasteiger charge is 2.16. The van der Waals surface area contributed by atoms with Gasteiger partial charge in [-0.3, -0.25) is 0 Å². The monoisotopic (exact) mass is 325 g/mol. The standard InChI is InChI=1S/C14H16BrNOS/c1-7-6-11(17-5)8(2)9(3)12(7)14-16-10(4)13(15)18-14/h6H,1-5H3. The maximum atomic E-state index is 5.40. The second-order valence-corrected chi connectivity index (χ2v) is 6.72. The molecule has 0 amide bonds. The Morgan fingerprint density at radius 1 is 1.17 bits per heavy atom. The van der Waals surface area contributed by atoms with Gasteiger partial charge in [-0.15, -0.1) is 11.3 Å². The van der Waals surface area contributed by atoms with Crippen LogP contribution in [-0.2, 0) is 0 Å². The second kappa shape index (κ2) is 5.02. The van der Waals surface area contributed by atoms with Crippen LogP contribution in [0.15, 0.2) is 9.85 Å². The van der Waals surface area contributed by atoms with Crippen LogP contribution in [0.3, 0.4) is 0 Å². The Labute approximate surface area is 120 Å². The van der Waals surface area contributed by atoms with Gasteiger partial charge >= 0.3 is 0 Å². The number of ether oxygens (including phenoxy) is 1. The third-order valence-electron chi connectivity index (χ3n) is 3.22. The van der Waals surface area contributed by atoms with Gasteiger partial charge in [0, 0.05) is 5.56 Å². The summed E-state index contributed by atoms with van der Waals surface area (Å²) >= 11 is 5.22. The number of nitrogens with zero attached hydrogens (tertiary/aromatic N) is 1. The van der Waals surface area contributed by atoms with E-state index in [4.69, 9.17) is 4.74 Å². The van der Waals surface area contributed by atoms with Gasteiger partial charge in [0.2, 0.25) is 0 Å². The van der Waals surface area contributed by atoms with Crippen LogP contribution >= 0.6 is 27.3 Å². The number of aryl methyl sites for hydroxylation is 2. The second-order valence-electron chi connectivity index (χ2n) is 4.40. The summed E-state index contributed by atoms with van der Waals surface area (Å²) in [5.41, 5.74) is 5.90.